The normalized spacial score (nSPS) is 26.5. The van der Waals surface area contributed by atoms with E-state index < -0.39 is 5.82 Å². The Bertz CT molecular complexity index is 1850. The standard InChI is InChI=1S/C37H38FN5O2/c1-2-22-4-3-5-23-16-28(44)17-31(32(22)23)29-12-13-30-34(33(29)38)40-36(41-35(30)42-18-24-6-7-25(19-42)39-24)45-21-37(14-15-37)20-43-26-8-9-27(43)11-10-26/h1,3-5,12-13,16-17,24-27,39,44H,6-11,14-15,18-21H2. The summed E-state index contributed by atoms with van der Waals surface area (Å²) in [6.45, 7) is 3.25. The van der Waals surface area contributed by atoms with Gasteiger partial charge in [-0.2, -0.15) is 9.97 Å². The van der Waals surface area contributed by atoms with Gasteiger partial charge in [0, 0.05) is 71.1 Å². The van der Waals surface area contributed by atoms with Gasteiger partial charge >= 0.3 is 6.01 Å². The smallest absolute Gasteiger partial charge is 0.319 e. The summed E-state index contributed by atoms with van der Waals surface area (Å²) in [5.41, 5.74) is 1.88. The maximum atomic E-state index is 16.9. The van der Waals surface area contributed by atoms with Crippen molar-refractivity contribution >= 4 is 27.5 Å². The Morgan fingerprint density at radius 1 is 0.978 bits per heavy atom. The lowest BCUT2D eigenvalue weighted by atomic mass is 9.93. The monoisotopic (exact) mass is 603 g/mol. The minimum Gasteiger partial charge on any atom is -0.508 e. The highest BCUT2D eigenvalue weighted by Crippen LogP contribution is 2.50. The SMILES string of the molecule is C#Cc1cccc2cc(O)cc(-c3ccc4c(N5CC6CCC(C5)N6)nc(OCC5(CN6C7CCC6CC7)CC5)nc4c3F)c12. The van der Waals surface area contributed by atoms with Gasteiger partial charge in [-0.3, -0.25) is 4.90 Å². The summed E-state index contributed by atoms with van der Waals surface area (Å²) in [5, 5.41) is 16.5. The van der Waals surface area contributed by atoms with Crippen LogP contribution in [0.3, 0.4) is 0 Å². The minimum atomic E-state index is -0.465. The predicted octanol–water partition coefficient (Wildman–Crippen LogP) is 6.00. The number of nitrogens with zero attached hydrogens (tertiary/aromatic N) is 4. The molecule has 2 atom stereocenters. The number of nitrogens with one attached hydrogen (secondary N) is 1. The van der Waals surface area contributed by atoms with Gasteiger partial charge in [-0.15, -0.1) is 6.42 Å². The number of benzene rings is 3. The molecule has 5 heterocycles. The molecule has 5 fully saturated rings. The molecular formula is C37H38FN5O2. The van der Waals surface area contributed by atoms with Crippen LogP contribution in [0, 0.1) is 23.6 Å². The van der Waals surface area contributed by atoms with Crippen molar-refractivity contribution in [1.29, 1.82) is 0 Å². The van der Waals surface area contributed by atoms with Crippen LogP contribution in [0.5, 0.6) is 11.8 Å². The van der Waals surface area contributed by atoms with E-state index in [1.165, 1.54) is 25.7 Å². The number of phenolic OH excluding ortho intramolecular Hbond substituents is 1. The summed E-state index contributed by atoms with van der Waals surface area (Å²) in [4.78, 5) is 14.7. The third kappa shape index (κ3) is 4.62. The number of piperazine rings is 1. The van der Waals surface area contributed by atoms with Gasteiger partial charge in [-0.1, -0.05) is 24.1 Å². The van der Waals surface area contributed by atoms with Crippen LogP contribution in [0.2, 0.25) is 0 Å². The number of hydrogen-bond donors (Lipinski definition) is 2. The molecule has 2 unspecified atom stereocenters. The first-order valence-electron chi connectivity index (χ1n) is 16.6. The number of phenols is 1. The summed E-state index contributed by atoms with van der Waals surface area (Å²) >= 11 is 0. The molecule has 1 saturated carbocycles. The number of fused-ring (bicyclic) bond motifs is 6. The lowest BCUT2D eigenvalue weighted by Crippen LogP contribution is -2.51. The lowest BCUT2D eigenvalue weighted by Gasteiger charge is -2.34. The molecule has 5 aliphatic rings. The molecule has 1 aromatic heterocycles. The third-order valence-corrected chi connectivity index (χ3v) is 11.3. The molecule has 0 spiro atoms. The first-order chi connectivity index (χ1) is 22.0. The van der Waals surface area contributed by atoms with Crippen molar-refractivity contribution in [3.05, 3.63) is 53.8 Å². The Balaban J connectivity index is 1.12. The van der Waals surface area contributed by atoms with E-state index in [1.807, 2.05) is 24.3 Å². The molecule has 4 bridgehead atoms. The van der Waals surface area contributed by atoms with E-state index in [9.17, 15) is 5.11 Å². The van der Waals surface area contributed by atoms with Crippen LogP contribution < -0.4 is 15.0 Å². The van der Waals surface area contributed by atoms with E-state index in [4.69, 9.17) is 21.1 Å². The summed E-state index contributed by atoms with van der Waals surface area (Å²) in [6.07, 6.45) is 15.7. The highest BCUT2D eigenvalue weighted by Gasteiger charge is 2.50. The summed E-state index contributed by atoms with van der Waals surface area (Å²) < 4.78 is 23.3. The minimum absolute atomic E-state index is 0.0519. The number of terminal acetylenes is 1. The molecule has 1 aliphatic carbocycles. The third-order valence-electron chi connectivity index (χ3n) is 11.3. The van der Waals surface area contributed by atoms with Crippen LogP contribution >= 0.6 is 0 Å². The first kappa shape index (κ1) is 27.4. The predicted molar refractivity (Wildman–Crippen MR) is 174 cm³/mol. The number of rotatable bonds is 7. The Morgan fingerprint density at radius 2 is 1.73 bits per heavy atom. The second-order valence-corrected chi connectivity index (χ2v) is 14.2. The van der Waals surface area contributed by atoms with E-state index in [0.717, 1.165) is 74.0 Å². The summed E-state index contributed by atoms with van der Waals surface area (Å²) in [5.74, 6) is 3.05. The average molecular weight is 604 g/mol. The van der Waals surface area contributed by atoms with Gasteiger partial charge < -0.3 is 20.1 Å². The van der Waals surface area contributed by atoms with Crippen molar-refractivity contribution < 1.29 is 14.2 Å². The molecule has 7 nitrogen and oxygen atoms in total. The quantitative estimate of drug-likeness (QED) is 0.251. The summed E-state index contributed by atoms with van der Waals surface area (Å²) in [6, 6.07) is 15.0. The van der Waals surface area contributed by atoms with Crippen LogP contribution in [-0.4, -0.2) is 70.4 Å². The molecule has 3 aromatic carbocycles. The molecule has 4 aliphatic heterocycles. The van der Waals surface area contributed by atoms with Crippen LogP contribution in [0.15, 0.2) is 42.5 Å². The average Bonchev–Trinajstić information content (AvgIpc) is 3.42. The Morgan fingerprint density at radius 3 is 2.44 bits per heavy atom. The van der Waals surface area contributed by atoms with E-state index >= 15 is 4.39 Å². The zero-order valence-electron chi connectivity index (χ0n) is 25.4. The zero-order chi connectivity index (χ0) is 30.3. The Hall–Kier alpha value is -3.93. The highest BCUT2D eigenvalue weighted by atomic mass is 19.1. The van der Waals surface area contributed by atoms with Gasteiger partial charge in [0.25, 0.3) is 0 Å². The lowest BCUT2D eigenvalue weighted by molar-refractivity contribution is 0.144. The molecule has 45 heavy (non-hydrogen) atoms. The molecule has 9 rings (SSSR count). The van der Waals surface area contributed by atoms with Crippen molar-refractivity contribution in [2.75, 3.05) is 31.1 Å². The fourth-order valence-corrected chi connectivity index (χ4v) is 8.76. The van der Waals surface area contributed by atoms with Crippen molar-refractivity contribution in [3.8, 4) is 35.2 Å². The zero-order valence-corrected chi connectivity index (χ0v) is 25.4. The summed E-state index contributed by atoms with van der Waals surface area (Å²) in [7, 11) is 0. The number of ether oxygens (including phenoxy) is 1. The van der Waals surface area contributed by atoms with Gasteiger partial charge in [0.2, 0.25) is 0 Å². The maximum absolute atomic E-state index is 16.9. The second kappa shape index (κ2) is 10.3. The molecule has 2 N–H and O–H groups in total. The number of hydrogen-bond acceptors (Lipinski definition) is 7. The molecule has 8 heteroatoms. The van der Waals surface area contributed by atoms with Crippen molar-refractivity contribution in [3.63, 3.8) is 0 Å². The molecule has 0 radical (unpaired) electrons. The molecular weight excluding hydrogens is 565 g/mol. The maximum Gasteiger partial charge on any atom is 0.319 e. The van der Waals surface area contributed by atoms with Crippen LogP contribution in [0.25, 0.3) is 32.8 Å². The van der Waals surface area contributed by atoms with Crippen LogP contribution in [-0.2, 0) is 0 Å². The van der Waals surface area contributed by atoms with E-state index in [2.05, 4.69) is 21.0 Å². The number of aromatic hydroxyl groups is 1. The molecule has 0 amide bonds. The van der Waals surface area contributed by atoms with Crippen LogP contribution in [0.1, 0.15) is 56.9 Å². The Kier molecular flexibility index (Phi) is 6.27. The molecule has 230 valence electrons. The molecule has 4 aromatic rings. The van der Waals surface area contributed by atoms with Gasteiger partial charge in [0.1, 0.15) is 17.1 Å². The fraction of sp³-hybridized carbons (Fsp3) is 0.459. The Labute approximate surface area is 262 Å². The number of aromatic nitrogens is 2. The van der Waals surface area contributed by atoms with Crippen molar-refractivity contribution in [1.82, 2.24) is 20.2 Å². The van der Waals surface area contributed by atoms with Gasteiger partial charge in [0.05, 0.1) is 6.61 Å². The molecule has 4 saturated heterocycles. The number of halogens is 1. The van der Waals surface area contributed by atoms with E-state index in [0.29, 0.717) is 40.8 Å². The van der Waals surface area contributed by atoms with Gasteiger partial charge in [0.15, 0.2) is 5.82 Å². The topological polar surface area (TPSA) is 73.8 Å². The van der Waals surface area contributed by atoms with Crippen LogP contribution in [0.4, 0.5) is 10.2 Å². The van der Waals surface area contributed by atoms with Gasteiger partial charge in [-0.05, 0) is 86.6 Å². The van der Waals surface area contributed by atoms with Gasteiger partial charge in [-0.25, -0.2) is 4.39 Å². The van der Waals surface area contributed by atoms with Crippen molar-refractivity contribution in [2.45, 2.75) is 75.5 Å². The highest BCUT2D eigenvalue weighted by molar-refractivity contribution is 6.04. The fourth-order valence-electron chi connectivity index (χ4n) is 8.76. The largest absolute Gasteiger partial charge is 0.508 e. The number of anilines is 1. The van der Waals surface area contributed by atoms with E-state index in [1.54, 1.807) is 18.2 Å². The van der Waals surface area contributed by atoms with E-state index in [-0.39, 0.29) is 22.7 Å². The second-order valence-electron chi connectivity index (χ2n) is 14.2. The first-order valence-corrected chi connectivity index (χ1v) is 16.6. The van der Waals surface area contributed by atoms with Crippen molar-refractivity contribution in [2.24, 2.45) is 5.41 Å².